The van der Waals surface area contributed by atoms with E-state index in [0.717, 1.165) is 38.6 Å². The van der Waals surface area contributed by atoms with Crippen molar-refractivity contribution in [2.45, 2.75) is 63.6 Å². The number of aromatic nitrogens is 3. The fourth-order valence-corrected chi connectivity index (χ4v) is 4.30. The van der Waals surface area contributed by atoms with Crippen LogP contribution in [0.5, 0.6) is 0 Å². The number of hydrogen-bond acceptors (Lipinski definition) is 7. The van der Waals surface area contributed by atoms with E-state index in [4.69, 9.17) is 4.52 Å². The van der Waals surface area contributed by atoms with Gasteiger partial charge in [0.05, 0.1) is 12.1 Å². The second-order valence-corrected chi connectivity index (χ2v) is 7.92. The Labute approximate surface area is 168 Å². The number of aliphatic hydroxyl groups is 1. The number of hydrogen-bond donors (Lipinski definition) is 2. The van der Waals surface area contributed by atoms with Gasteiger partial charge in [-0.1, -0.05) is 5.16 Å². The van der Waals surface area contributed by atoms with Gasteiger partial charge in [-0.15, -0.1) is 0 Å². The molecule has 1 saturated carbocycles. The summed E-state index contributed by atoms with van der Waals surface area (Å²) in [5.41, 5.74) is 0.0784. The highest BCUT2D eigenvalue weighted by atomic mass is 16.5. The lowest BCUT2D eigenvalue weighted by Gasteiger charge is -2.37. The number of carbonyl (C=O) groups is 1. The van der Waals surface area contributed by atoms with Crippen molar-refractivity contribution in [1.29, 1.82) is 0 Å². The van der Waals surface area contributed by atoms with E-state index in [1.165, 1.54) is 10.7 Å². The standard InChI is InChI=1S/C20H27N5O4/c1-13-11-15(23-29-13)20(28)21-12-14-5-2-3-10-24(14)18-8-9-19(27)25(22-18)16-6-4-7-17(16)26/h8-9,11,14,16-17,26H,2-7,10,12H2,1H3,(H,21,28). The average molecular weight is 401 g/mol. The molecule has 2 N–H and O–H groups in total. The molecule has 3 heterocycles. The van der Waals surface area contributed by atoms with Crippen molar-refractivity contribution < 1.29 is 14.4 Å². The Morgan fingerprint density at radius 3 is 2.86 bits per heavy atom. The van der Waals surface area contributed by atoms with Crippen molar-refractivity contribution >= 4 is 11.7 Å². The topological polar surface area (TPSA) is 113 Å². The minimum atomic E-state index is -0.530. The summed E-state index contributed by atoms with van der Waals surface area (Å²) < 4.78 is 6.41. The fourth-order valence-electron chi connectivity index (χ4n) is 4.30. The molecule has 2 aromatic rings. The Kier molecular flexibility index (Phi) is 5.66. The third-order valence-electron chi connectivity index (χ3n) is 5.85. The van der Waals surface area contributed by atoms with Crippen LogP contribution in [0.3, 0.4) is 0 Å². The zero-order valence-electron chi connectivity index (χ0n) is 16.6. The van der Waals surface area contributed by atoms with Gasteiger partial charge in [-0.2, -0.15) is 5.10 Å². The van der Waals surface area contributed by atoms with Crippen LogP contribution in [0.4, 0.5) is 5.82 Å². The van der Waals surface area contributed by atoms with Crippen molar-refractivity contribution in [3.05, 3.63) is 40.0 Å². The van der Waals surface area contributed by atoms with Crippen molar-refractivity contribution in [2.24, 2.45) is 0 Å². The van der Waals surface area contributed by atoms with Gasteiger partial charge >= 0.3 is 0 Å². The Morgan fingerprint density at radius 2 is 2.14 bits per heavy atom. The monoisotopic (exact) mass is 401 g/mol. The summed E-state index contributed by atoms with van der Waals surface area (Å²) >= 11 is 0. The summed E-state index contributed by atoms with van der Waals surface area (Å²) in [4.78, 5) is 26.8. The summed E-state index contributed by atoms with van der Waals surface area (Å²) in [7, 11) is 0. The molecule has 29 heavy (non-hydrogen) atoms. The van der Waals surface area contributed by atoms with Crippen LogP contribution < -0.4 is 15.8 Å². The summed E-state index contributed by atoms with van der Waals surface area (Å²) in [5.74, 6) is 1.04. The molecule has 0 bridgehead atoms. The Hall–Kier alpha value is -2.68. The highest BCUT2D eigenvalue weighted by Crippen LogP contribution is 2.29. The molecule has 1 aliphatic carbocycles. The largest absolute Gasteiger partial charge is 0.391 e. The van der Waals surface area contributed by atoms with E-state index >= 15 is 0 Å². The summed E-state index contributed by atoms with van der Waals surface area (Å²) in [5, 5.41) is 21.5. The number of anilines is 1. The minimum Gasteiger partial charge on any atom is -0.391 e. The zero-order chi connectivity index (χ0) is 20.4. The molecule has 3 unspecified atom stereocenters. The molecule has 0 aromatic carbocycles. The number of nitrogens with zero attached hydrogens (tertiary/aromatic N) is 4. The van der Waals surface area contributed by atoms with Gasteiger partial charge in [0.25, 0.3) is 11.5 Å². The molecule has 4 rings (SSSR count). The maximum Gasteiger partial charge on any atom is 0.273 e. The van der Waals surface area contributed by atoms with Gasteiger partial charge in [0.2, 0.25) is 0 Å². The van der Waals surface area contributed by atoms with Gasteiger partial charge in [-0.3, -0.25) is 9.59 Å². The maximum atomic E-state index is 12.3. The van der Waals surface area contributed by atoms with Crippen LogP contribution in [0, 0.1) is 6.92 Å². The summed E-state index contributed by atoms with van der Waals surface area (Å²) in [6.07, 6.45) is 4.84. The highest BCUT2D eigenvalue weighted by Gasteiger charge is 2.30. The van der Waals surface area contributed by atoms with Crippen LogP contribution in [0.2, 0.25) is 0 Å². The van der Waals surface area contributed by atoms with Crippen molar-refractivity contribution in [2.75, 3.05) is 18.0 Å². The van der Waals surface area contributed by atoms with Crippen LogP contribution in [-0.2, 0) is 0 Å². The van der Waals surface area contributed by atoms with Crippen molar-refractivity contribution in [1.82, 2.24) is 20.3 Å². The molecule has 2 aliphatic rings. The minimum absolute atomic E-state index is 0.0765. The molecular formula is C20H27N5O4. The number of nitrogens with one attached hydrogen (secondary N) is 1. The second-order valence-electron chi connectivity index (χ2n) is 7.92. The zero-order valence-corrected chi connectivity index (χ0v) is 16.6. The van der Waals surface area contributed by atoms with E-state index in [0.29, 0.717) is 24.5 Å². The van der Waals surface area contributed by atoms with Crippen LogP contribution in [-0.4, -0.2) is 51.2 Å². The highest BCUT2D eigenvalue weighted by molar-refractivity contribution is 5.92. The third-order valence-corrected chi connectivity index (χ3v) is 5.85. The van der Waals surface area contributed by atoms with Crippen LogP contribution in [0.25, 0.3) is 0 Å². The first kappa shape index (κ1) is 19.6. The predicted octanol–water partition coefficient (Wildman–Crippen LogP) is 1.41. The van der Waals surface area contributed by atoms with E-state index in [9.17, 15) is 14.7 Å². The van der Waals surface area contributed by atoms with E-state index in [2.05, 4.69) is 20.5 Å². The maximum absolute atomic E-state index is 12.3. The SMILES string of the molecule is Cc1cc(C(=O)NCC2CCCCN2c2ccc(=O)n(C3CCCC3O)n2)no1. The van der Waals surface area contributed by atoms with Crippen LogP contribution in [0.15, 0.2) is 27.5 Å². The lowest BCUT2D eigenvalue weighted by molar-refractivity contribution is 0.0940. The van der Waals surface area contributed by atoms with Gasteiger partial charge in [0.15, 0.2) is 5.69 Å². The lowest BCUT2D eigenvalue weighted by atomic mass is 10.0. The molecule has 0 radical (unpaired) electrons. The number of aryl methyl sites for hydroxylation is 1. The van der Waals surface area contributed by atoms with E-state index in [-0.39, 0.29) is 29.2 Å². The normalized spacial score (nSPS) is 24.6. The van der Waals surface area contributed by atoms with Gasteiger partial charge in [0.1, 0.15) is 11.6 Å². The van der Waals surface area contributed by atoms with E-state index < -0.39 is 6.10 Å². The van der Waals surface area contributed by atoms with Gasteiger partial charge in [-0.25, -0.2) is 4.68 Å². The fraction of sp³-hybridized carbons (Fsp3) is 0.600. The molecule has 0 spiro atoms. The molecule has 1 amide bonds. The average Bonchev–Trinajstić information content (AvgIpc) is 3.35. The first-order chi connectivity index (χ1) is 14.0. The Morgan fingerprint density at radius 1 is 1.28 bits per heavy atom. The number of amides is 1. The Balaban J connectivity index is 1.50. The van der Waals surface area contributed by atoms with Crippen LogP contribution in [0.1, 0.15) is 60.8 Å². The lowest BCUT2D eigenvalue weighted by Crippen LogP contribution is -2.48. The summed E-state index contributed by atoms with van der Waals surface area (Å²) in [6.45, 7) is 3.01. The van der Waals surface area contributed by atoms with Crippen molar-refractivity contribution in [3.8, 4) is 0 Å². The molecule has 9 heteroatoms. The number of carbonyl (C=O) groups excluding carboxylic acids is 1. The molecule has 2 fully saturated rings. The van der Waals surface area contributed by atoms with Gasteiger partial charge < -0.3 is 19.8 Å². The molecule has 2 aromatic heterocycles. The summed E-state index contributed by atoms with van der Waals surface area (Å²) in [6, 6.07) is 4.68. The molecular weight excluding hydrogens is 374 g/mol. The van der Waals surface area contributed by atoms with Gasteiger partial charge in [-0.05, 0) is 51.5 Å². The predicted molar refractivity (Wildman–Crippen MR) is 106 cm³/mol. The van der Waals surface area contributed by atoms with Crippen LogP contribution >= 0.6 is 0 Å². The first-order valence-corrected chi connectivity index (χ1v) is 10.3. The number of rotatable bonds is 5. The van der Waals surface area contributed by atoms with Gasteiger partial charge in [0, 0.05) is 31.3 Å². The molecule has 1 saturated heterocycles. The molecule has 156 valence electrons. The first-order valence-electron chi connectivity index (χ1n) is 10.3. The molecule has 9 nitrogen and oxygen atoms in total. The number of piperidine rings is 1. The third kappa shape index (κ3) is 4.19. The number of aliphatic hydroxyl groups excluding tert-OH is 1. The smallest absolute Gasteiger partial charge is 0.273 e. The van der Waals surface area contributed by atoms with Crippen molar-refractivity contribution in [3.63, 3.8) is 0 Å². The molecule has 1 aliphatic heterocycles. The van der Waals surface area contributed by atoms with E-state index in [1.807, 2.05) is 0 Å². The quantitative estimate of drug-likeness (QED) is 0.779. The Bertz CT molecular complexity index is 924. The second kappa shape index (κ2) is 8.36. The molecule has 3 atom stereocenters. The van der Waals surface area contributed by atoms with E-state index in [1.54, 1.807) is 19.1 Å².